The van der Waals surface area contributed by atoms with E-state index in [0.29, 0.717) is 33.7 Å². The summed E-state index contributed by atoms with van der Waals surface area (Å²) in [6.45, 7) is 0. The van der Waals surface area contributed by atoms with Gasteiger partial charge < -0.3 is 15.7 Å². The van der Waals surface area contributed by atoms with E-state index < -0.39 is 23.4 Å². The molecule has 1 saturated heterocycles. The number of benzene rings is 1. The average Bonchev–Trinajstić information content (AvgIpc) is 3.35. The number of anilines is 1. The molecule has 2 atom stereocenters. The van der Waals surface area contributed by atoms with Crippen molar-refractivity contribution in [2.45, 2.75) is 30.3 Å². The maximum absolute atomic E-state index is 12.9. The van der Waals surface area contributed by atoms with Crippen molar-refractivity contribution in [3.63, 3.8) is 0 Å². The second-order valence-corrected chi connectivity index (χ2v) is 9.89. The molecule has 10 nitrogen and oxygen atoms in total. The van der Waals surface area contributed by atoms with Crippen LogP contribution in [0.4, 0.5) is 9.93 Å². The van der Waals surface area contributed by atoms with Crippen molar-refractivity contribution in [2.24, 2.45) is 0 Å². The molecule has 2 aromatic heterocycles. The summed E-state index contributed by atoms with van der Waals surface area (Å²) in [4.78, 5) is 50.5. The molecule has 3 aromatic rings. The summed E-state index contributed by atoms with van der Waals surface area (Å²) >= 11 is 2.60. The van der Waals surface area contributed by atoms with Gasteiger partial charge in [-0.25, -0.2) is 19.7 Å². The smallest absolute Gasteiger partial charge is 0.409 e. The molecule has 12 heteroatoms. The Morgan fingerprint density at radius 1 is 1.09 bits per heavy atom. The van der Waals surface area contributed by atoms with Crippen LogP contribution < -0.4 is 10.6 Å². The molecule has 3 heterocycles. The molecule has 2 fully saturated rings. The monoisotopic (exact) mass is 496 g/mol. The molecule has 0 radical (unpaired) electrons. The highest BCUT2D eigenvalue weighted by molar-refractivity contribution is 7.99. The second-order valence-electron chi connectivity index (χ2n) is 7.92. The first-order valence-corrected chi connectivity index (χ1v) is 12.5. The fourth-order valence-electron chi connectivity index (χ4n) is 3.58. The fourth-order valence-corrected chi connectivity index (χ4v) is 5.69. The lowest BCUT2D eigenvalue weighted by molar-refractivity contribution is -0.119. The standard InChI is InChI=1S/C22H20N6O4S2/c29-18(25-15-5-6-15)13-3-1-12(2-4-13)16-9-34-21(26-16)27-19(30)17-10-33-20(28(17)22(31)32)14-7-23-11-24-8-14/h1-4,7-9,11,15,17,20H,5-6,10H2,(H,25,29)(H,31,32)(H,26,27,30). The molecule has 5 rings (SSSR count). The van der Waals surface area contributed by atoms with Crippen LogP contribution in [0.15, 0.2) is 48.4 Å². The number of carboxylic acid groups (broad SMARTS) is 1. The number of hydrogen-bond acceptors (Lipinski definition) is 8. The Morgan fingerprint density at radius 3 is 2.50 bits per heavy atom. The molecule has 1 saturated carbocycles. The number of nitrogens with one attached hydrogen (secondary N) is 2. The Balaban J connectivity index is 1.25. The first-order valence-electron chi connectivity index (χ1n) is 10.5. The Bertz CT molecular complexity index is 1220. The number of rotatable bonds is 6. The van der Waals surface area contributed by atoms with Crippen LogP contribution in [0.3, 0.4) is 0 Å². The van der Waals surface area contributed by atoms with Gasteiger partial charge in [-0.15, -0.1) is 23.1 Å². The first kappa shape index (κ1) is 22.3. The number of thioether (sulfide) groups is 1. The highest BCUT2D eigenvalue weighted by Crippen LogP contribution is 2.41. The van der Waals surface area contributed by atoms with Crippen molar-refractivity contribution in [1.82, 2.24) is 25.2 Å². The van der Waals surface area contributed by atoms with Crippen LogP contribution in [-0.4, -0.2) is 60.7 Å². The van der Waals surface area contributed by atoms with Gasteiger partial charge in [0.05, 0.1) is 5.69 Å². The average molecular weight is 497 g/mol. The highest BCUT2D eigenvalue weighted by atomic mass is 32.2. The number of carbonyl (C=O) groups is 3. The van der Waals surface area contributed by atoms with Gasteiger partial charge in [-0.1, -0.05) is 12.1 Å². The van der Waals surface area contributed by atoms with Crippen molar-refractivity contribution >= 4 is 46.1 Å². The van der Waals surface area contributed by atoms with Gasteiger partial charge in [0.15, 0.2) is 5.13 Å². The van der Waals surface area contributed by atoms with Gasteiger partial charge in [0.2, 0.25) is 5.91 Å². The van der Waals surface area contributed by atoms with Crippen molar-refractivity contribution in [2.75, 3.05) is 11.1 Å². The van der Waals surface area contributed by atoms with Crippen LogP contribution in [0.25, 0.3) is 11.3 Å². The molecular formula is C22H20N6O4S2. The molecule has 1 aliphatic heterocycles. The predicted molar refractivity (Wildman–Crippen MR) is 128 cm³/mol. The van der Waals surface area contributed by atoms with Crippen molar-refractivity contribution < 1.29 is 19.5 Å². The first-order chi connectivity index (χ1) is 16.5. The minimum atomic E-state index is -1.19. The van der Waals surface area contributed by atoms with Crippen molar-refractivity contribution in [3.8, 4) is 11.3 Å². The van der Waals surface area contributed by atoms with Crippen LogP contribution in [0.2, 0.25) is 0 Å². The highest BCUT2D eigenvalue weighted by Gasteiger charge is 2.43. The third-order valence-corrected chi connectivity index (χ3v) is 7.56. The quantitative estimate of drug-likeness (QED) is 0.473. The zero-order valence-electron chi connectivity index (χ0n) is 17.7. The molecule has 0 spiro atoms. The summed E-state index contributed by atoms with van der Waals surface area (Å²) in [6, 6.07) is 6.55. The maximum atomic E-state index is 12.9. The van der Waals surface area contributed by atoms with Crippen molar-refractivity contribution in [1.29, 1.82) is 0 Å². The zero-order valence-corrected chi connectivity index (χ0v) is 19.4. The van der Waals surface area contributed by atoms with E-state index in [1.165, 1.54) is 29.4 Å². The normalized spacial score (nSPS) is 19.6. The largest absolute Gasteiger partial charge is 0.465 e. The number of thiazole rings is 1. The predicted octanol–water partition coefficient (Wildman–Crippen LogP) is 3.23. The van der Waals surface area contributed by atoms with E-state index in [1.54, 1.807) is 29.9 Å². The van der Waals surface area contributed by atoms with Crippen LogP contribution in [-0.2, 0) is 4.79 Å². The number of amides is 3. The molecule has 1 aromatic carbocycles. The Labute approximate surface area is 202 Å². The lowest BCUT2D eigenvalue weighted by Crippen LogP contribution is -2.44. The summed E-state index contributed by atoms with van der Waals surface area (Å²) in [5.41, 5.74) is 2.68. The summed E-state index contributed by atoms with van der Waals surface area (Å²) in [6.07, 6.45) is 5.34. The van der Waals surface area contributed by atoms with E-state index in [-0.39, 0.29) is 5.91 Å². The van der Waals surface area contributed by atoms with E-state index in [0.717, 1.165) is 23.3 Å². The van der Waals surface area contributed by atoms with E-state index in [1.807, 2.05) is 12.1 Å². The van der Waals surface area contributed by atoms with Crippen molar-refractivity contribution in [3.05, 3.63) is 59.5 Å². The van der Waals surface area contributed by atoms with Crippen LogP contribution in [0, 0.1) is 0 Å². The Morgan fingerprint density at radius 2 is 1.82 bits per heavy atom. The van der Waals surface area contributed by atoms with Gasteiger partial charge in [-0.3, -0.25) is 14.5 Å². The molecule has 3 N–H and O–H groups in total. The topological polar surface area (TPSA) is 137 Å². The molecule has 34 heavy (non-hydrogen) atoms. The van der Waals surface area contributed by atoms with Gasteiger partial charge in [0, 0.05) is 46.3 Å². The van der Waals surface area contributed by atoms with Crippen LogP contribution >= 0.6 is 23.1 Å². The summed E-state index contributed by atoms with van der Waals surface area (Å²) < 4.78 is 0. The van der Waals surface area contributed by atoms with Gasteiger partial charge >= 0.3 is 6.09 Å². The lowest BCUT2D eigenvalue weighted by atomic mass is 10.1. The van der Waals surface area contributed by atoms with E-state index in [4.69, 9.17) is 0 Å². The summed E-state index contributed by atoms with van der Waals surface area (Å²) in [7, 11) is 0. The number of hydrogen-bond donors (Lipinski definition) is 3. The zero-order chi connectivity index (χ0) is 23.7. The SMILES string of the molecule is O=C(NC1CC1)c1ccc(-c2csc(NC(=O)C3CSC(c4cncnc4)N3C(=O)O)n2)cc1. The Kier molecular flexibility index (Phi) is 6.16. The van der Waals surface area contributed by atoms with Crippen LogP contribution in [0.5, 0.6) is 0 Å². The molecule has 3 amide bonds. The lowest BCUT2D eigenvalue weighted by Gasteiger charge is -2.25. The summed E-state index contributed by atoms with van der Waals surface area (Å²) in [5, 5.41) is 17.1. The Hall–Kier alpha value is -3.51. The molecule has 0 bridgehead atoms. The van der Waals surface area contributed by atoms with E-state index in [2.05, 4.69) is 25.6 Å². The van der Waals surface area contributed by atoms with E-state index >= 15 is 0 Å². The molecular weight excluding hydrogens is 476 g/mol. The van der Waals surface area contributed by atoms with Gasteiger partial charge in [0.1, 0.15) is 17.7 Å². The molecule has 2 unspecified atom stereocenters. The van der Waals surface area contributed by atoms with E-state index in [9.17, 15) is 19.5 Å². The maximum Gasteiger partial charge on any atom is 0.409 e. The number of aromatic nitrogens is 3. The second kappa shape index (κ2) is 9.39. The third kappa shape index (κ3) is 4.73. The molecule has 2 aliphatic rings. The minimum absolute atomic E-state index is 0.0851. The van der Waals surface area contributed by atoms with Gasteiger partial charge in [0.25, 0.3) is 5.91 Å². The van der Waals surface area contributed by atoms with Gasteiger partial charge in [-0.2, -0.15) is 0 Å². The number of carbonyl (C=O) groups excluding carboxylic acids is 2. The fraction of sp³-hybridized carbons (Fsp3) is 0.273. The minimum Gasteiger partial charge on any atom is -0.465 e. The number of nitrogens with zero attached hydrogens (tertiary/aromatic N) is 4. The molecule has 174 valence electrons. The summed E-state index contributed by atoms with van der Waals surface area (Å²) in [5.74, 6) is -0.222. The third-order valence-electron chi connectivity index (χ3n) is 5.48. The van der Waals surface area contributed by atoms with Crippen LogP contribution in [0.1, 0.15) is 34.1 Å². The van der Waals surface area contributed by atoms with Gasteiger partial charge in [-0.05, 0) is 25.0 Å². The molecule has 1 aliphatic carbocycles.